The van der Waals surface area contributed by atoms with Gasteiger partial charge >= 0.3 is 0 Å². The zero-order valence-electron chi connectivity index (χ0n) is 13.1. The minimum atomic E-state index is -0.0706. The molecule has 1 N–H and O–H groups in total. The summed E-state index contributed by atoms with van der Waals surface area (Å²) in [6.07, 6.45) is 5.55. The molecule has 0 radical (unpaired) electrons. The summed E-state index contributed by atoms with van der Waals surface area (Å²) in [6, 6.07) is 0.529. The van der Waals surface area contributed by atoms with Crippen LogP contribution < -0.4 is 5.32 Å². The quantitative estimate of drug-likeness (QED) is 0.885. The van der Waals surface area contributed by atoms with Gasteiger partial charge < -0.3 is 10.2 Å². The van der Waals surface area contributed by atoms with Crippen LogP contribution in [0.15, 0.2) is 0 Å². The molecule has 1 unspecified atom stereocenters. The number of unbranched alkanes of at least 4 members (excludes halogenated alkanes) is 1. The molecule has 1 aromatic heterocycles. The normalized spacial score (nSPS) is 18.1. The second-order valence-corrected chi connectivity index (χ2v) is 5.71. The summed E-state index contributed by atoms with van der Waals surface area (Å²) in [6.45, 7) is 3.35. The Balaban J connectivity index is 2.17. The molecule has 0 bridgehead atoms. The molecule has 20 heavy (non-hydrogen) atoms. The van der Waals surface area contributed by atoms with Crippen molar-refractivity contribution < 1.29 is 4.79 Å². The number of nitrogens with zero attached hydrogens (tertiary/aromatic N) is 3. The van der Waals surface area contributed by atoms with Crippen molar-refractivity contribution in [3.8, 4) is 0 Å². The van der Waals surface area contributed by atoms with Gasteiger partial charge in [0.1, 0.15) is 0 Å². The highest BCUT2D eigenvalue weighted by molar-refractivity contribution is 5.93. The van der Waals surface area contributed by atoms with Crippen molar-refractivity contribution in [3.05, 3.63) is 17.0 Å². The van der Waals surface area contributed by atoms with Crippen molar-refractivity contribution in [2.45, 2.75) is 45.1 Å². The van der Waals surface area contributed by atoms with Gasteiger partial charge in [0.25, 0.3) is 5.91 Å². The molecular formula is C15H26N4O. The highest BCUT2D eigenvalue weighted by atomic mass is 16.1. The van der Waals surface area contributed by atoms with Crippen LogP contribution in [0.2, 0.25) is 0 Å². The highest BCUT2D eigenvalue weighted by Gasteiger charge is 2.29. The van der Waals surface area contributed by atoms with Crippen LogP contribution in [0.4, 0.5) is 0 Å². The largest absolute Gasteiger partial charge is 0.354 e. The number of amides is 1. The van der Waals surface area contributed by atoms with Gasteiger partial charge in [0.2, 0.25) is 0 Å². The minimum Gasteiger partial charge on any atom is -0.354 e. The van der Waals surface area contributed by atoms with Crippen molar-refractivity contribution in [3.63, 3.8) is 0 Å². The standard InChI is InChI=1S/C15H26N4O/c1-5-6-9-18(3)11-7-8-13-12(10-11)14(15(20)16-2)17-19(13)4/h11H,5-10H2,1-4H3,(H,16,20). The summed E-state index contributed by atoms with van der Waals surface area (Å²) in [4.78, 5) is 14.4. The summed E-state index contributed by atoms with van der Waals surface area (Å²) in [7, 11) is 5.80. The molecule has 0 fully saturated rings. The van der Waals surface area contributed by atoms with Crippen LogP contribution in [0.3, 0.4) is 0 Å². The summed E-state index contributed by atoms with van der Waals surface area (Å²) >= 11 is 0. The molecule has 0 saturated heterocycles. The lowest BCUT2D eigenvalue weighted by Gasteiger charge is -2.31. The van der Waals surface area contributed by atoms with E-state index in [4.69, 9.17) is 0 Å². The first-order valence-electron chi connectivity index (χ1n) is 7.55. The molecule has 1 atom stereocenters. The molecule has 5 nitrogen and oxygen atoms in total. The minimum absolute atomic E-state index is 0.0706. The molecule has 1 amide bonds. The van der Waals surface area contributed by atoms with Gasteiger partial charge in [-0.2, -0.15) is 5.10 Å². The zero-order chi connectivity index (χ0) is 14.7. The first-order valence-corrected chi connectivity index (χ1v) is 7.55. The number of aromatic nitrogens is 2. The second-order valence-electron chi connectivity index (χ2n) is 5.71. The van der Waals surface area contributed by atoms with Crippen molar-refractivity contribution >= 4 is 5.91 Å². The molecule has 112 valence electrons. The Hall–Kier alpha value is -1.36. The number of hydrogen-bond donors (Lipinski definition) is 1. The van der Waals surface area contributed by atoms with Crippen molar-refractivity contribution in [2.24, 2.45) is 7.05 Å². The number of rotatable bonds is 5. The number of carbonyl (C=O) groups is 1. The average Bonchev–Trinajstić information content (AvgIpc) is 2.80. The number of aryl methyl sites for hydroxylation is 1. The van der Waals surface area contributed by atoms with Gasteiger partial charge in [-0.15, -0.1) is 0 Å². The smallest absolute Gasteiger partial charge is 0.271 e. The molecule has 1 heterocycles. The third kappa shape index (κ3) is 2.87. The Labute approximate surface area is 121 Å². The average molecular weight is 278 g/mol. The number of likely N-dealkylation sites (N-methyl/N-ethyl adjacent to an activating group) is 1. The van der Waals surface area contributed by atoms with E-state index in [0.717, 1.165) is 31.4 Å². The van der Waals surface area contributed by atoms with E-state index < -0.39 is 0 Å². The highest BCUT2D eigenvalue weighted by Crippen LogP contribution is 2.26. The molecule has 1 aromatic rings. The number of hydrogen-bond acceptors (Lipinski definition) is 3. The SMILES string of the molecule is CCCCN(C)C1CCc2c(c(C(=O)NC)nn2C)C1. The maximum atomic E-state index is 11.9. The lowest BCUT2D eigenvalue weighted by Crippen LogP contribution is -2.37. The summed E-state index contributed by atoms with van der Waals surface area (Å²) in [5.41, 5.74) is 2.98. The lowest BCUT2D eigenvalue weighted by molar-refractivity contribution is 0.0956. The van der Waals surface area contributed by atoms with Gasteiger partial charge in [0, 0.05) is 31.4 Å². The van der Waals surface area contributed by atoms with E-state index in [-0.39, 0.29) is 5.91 Å². The van der Waals surface area contributed by atoms with Crippen LogP contribution in [-0.4, -0.2) is 47.3 Å². The Kier molecular flexibility index (Phi) is 4.81. The molecule has 5 heteroatoms. The topological polar surface area (TPSA) is 50.2 Å². The predicted molar refractivity (Wildman–Crippen MR) is 79.9 cm³/mol. The Morgan fingerprint density at radius 1 is 1.55 bits per heavy atom. The molecule has 0 spiro atoms. The third-order valence-electron chi connectivity index (χ3n) is 4.36. The van der Waals surface area contributed by atoms with Crippen molar-refractivity contribution in [1.82, 2.24) is 20.0 Å². The Bertz CT molecular complexity index is 480. The zero-order valence-corrected chi connectivity index (χ0v) is 13.1. The van der Waals surface area contributed by atoms with Gasteiger partial charge in [-0.25, -0.2) is 0 Å². The van der Waals surface area contributed by atoms with E-state index in [0.29, 0.717) is 11.7 Å². The van der Waals surface area contributed by atoms with E-state index in [1.807, 2.05) is 11.7 Å². The second kappa shape index (κ2) is 6.39. The Morgan fingerprint density at radius 2 is 2.30 bits per heavy atom. The van der Waals surface area contributed by atoms with Crippen LogP contribution in [0.25, 0.3) is 0 Å². The molecular weight excluding hydrogens is 252 g/mol. The van der Waals surface area contributed by atoms with Crippen LogP contribution in [-0.2, 0) is 19.9 Å². The van der Waals surface area contributed by atoms with Crippen molar-refractivity contribution in [2.75, 3.05) is 20.6 Å². The number of carbonyl (C=O) groups excluding carboxylic acids is 1. The van der Waals surface area contributed by atoms with Gasteiger partial charge in [-0.05, 0) is 39.3 Å². The maximum Gasteiger partial charge on any atom is 0.271 e. The first kappa shape index (κ1) is 15.0. The van der Waals surface area contributed by atoms with E-state index >= 15 is 0 Å². The maximum absolute atomic E-state index is 11.9. The molecule has 1 aliphatic rings. The summed E-state index contributed by atoms with van der Waals surface area (Å²) < 4.78 is 1.88. The van der Waals surface area contributed by atoms with E-state index in [9.17, 15) is 4.79 Å². The summed E-state index contributed by atoms with van der Waals surface area (Å²) in [5, 5.41) is 7.10. The molecule has 0 saturated carbocycles. The van der Waals surface area contributed by atoms with Gasteiger partial charge in [0.15, 0.2) is 5.69 Å². The fourth-order valence-electron chi connectivity index (χ4n) is 3.04. The van der Waals surface area contributed by atoms with Crippen molar-refractivity contribution in [1.29, 1.82) is 0 Å². The molecule has 2 rings (SSSR count). The predicted octanol–water partition coefficient (Wildman–Crippen LogP) is 1.37. The monoisotopic (exact) mass is 278 g/mol. The third-order valence-corrected chi connectivity index (χ3v) is 4.36. The van der Waals surface area contributed by atoms with E-state index in [1.54, 1.807) is 7.05 Å². The van der Waals surface area contributed by atoms with Gasteiger partial charge in [0.05, 0.1) is 0 Å². The summed E-state index contributed by atoms with van der Waals surface area (Å²) in [5.74, 6) is -0.0706. The van der Waals surface area contributed by atoms with E-state index in [2.05, 4.69) is 29.3 Å². The molecule has 1 aliphatic carbocycles. The van der Waals surface area contributed by atoms with Crippen LogP contribution >= 0.6 is 0 Å². The van der Waals surface area contributed by atoms with Gasteiger partial charge in [-0.1, -0.05) is 13.3 Å². The molecule has 0 aliphatic heterocycles. The molecule has 0 aromatic carbocycles. The lowest BCUT2D eigenvalue weighted by atomic mass is 9.90. The fourth-order valence-corrected chi connectivity index (χ4v) is 3.04. The Morgan fingerprint density at radius 3 is 2.95 bits per heavy atom. The van der Waals surface area contributed by atoms with Crippen LogP contribution in [0.1, 0.15) is 47.9 Å². The first-order chi connectivity index (χ1) is 9.58. The number of nitrogens with one attached hydrogen (secondary N) is 1. The van der Waals surface area contributed by atoms with Crippen LogP contribution in [0.5, 0.6) is 0 Å². The number of fused-ring (bicyclic) bond motifs is 1. The van der Waals surface area contributed by atoms with E-state index in [1.165, 1.54) is 18.5 Å². The van der Waals surface area contributed by atoms with Gasteiger partial charge in [-0.3, -0.25) is 9.48 Å². The fraction of sp³-hybridized carbons (Fsp3) is 0.733. The van der Waals surface area contributed by atoms with Crippen LogP contribution in [0, 0.1) is 0 Å².